The highest BCUT2D eigenvalue weighted by molar-refractivity contribution is 5.67. The van der Waals surface area contributed by atoms with E-state index in [9.17, 15) is 13.9 Å². The van der Waals surface area contributed by atoms with Crippen molar-refractivity contribution in [2.45, 2.75) is 39.4 Å². The summed E-state index contributed by atoms with van der Waals surface area (Å²) in [5, 5.41) is 18.8. The second-order valence-electron chi connectivity index (χ2n) is 6.68. The number of piperidine rings is 1. The van der Waals surface area contributed by atoms with E-state index in [-0.39, 0.29) is 25.3 Å². The van der Waals surface area contributed by atoms with Crippen LogP contribution in [0.3, 0.4) is 0 Å². The lowest BCUT2D eigenvalue weighted by Gasteiger charge is -2.41. The van der Waals surface area contributed by atoms with Crippen molar-refractivity contribution in [1.29, 1.82) is 5.26 Å². The second kappa shape index (κ2) is 6.67. The molecule has 0 amide bonds. The first-order valence-electron chi connectivity index (χ1n) is 7.67. The molecule has 1 aromatic rings. The van der Waals surface area contributed by atoms with Gasteiger partial charge in [0.15, 0.2) is 0 Å². The summed E-state index contributed by atoms with van der Waals surface area (Å²) in [7, 11) is 0. The average Bonchev–Trinajstić information content (AvgIpc) is 2.47. The van der Waals surface area contributed by atoms with Crippen LogP contribution >= 0.6 is 0 Å². The fraction of sp³-hybridized carbons (Fsp3) is 0.500. The van der Waals surface area contributed by atoms with E-state index in [0.29, 0.717) is 29.7 Å². The minimum absolute atomic E-state index is 0.0166. The maximum absolute atomic E-state index is 14.4. The van der Waals surface area contributed by atoms with Crippen molar-refractivity contribution in [2.75, 3.05) is 13.1 Å². The van der Waals surface area contributed by atoms with Crippen LogP contribution in [0.4, 0.5) is 8.78 Å². The molecule has 2 unspecified atom stereocenters. The largest absolute Gasteiger partial charge is 0.507 e. The lowest BCUT2D eigenvalue weighted by molar-refractivity contribution is 0.0182. The SMILES string of the molecule is C=C(C)c1cc(F)c(CN2CCC(C)(CC#N)C(F)C2)cc1O. The van der Waals surface area contributed by atoms with Gasteiger partial charge in [-0.15, -0.1) is 0 Å². The third-order valence-corrected chi connectivity index (χ3v) is 4.68. The Bertz CT molecular complexity index is 653. The normalized spacial score (nSPS) is 25.1. The van der Waals surface area contributed by atoms with Crippen LogP contribution in [0.15, 0.2) is 18.7 Å². The zero-order chi connectivity index (χ0) is 17.2. The van der Waals surface area contributed by atoms with Gasteiger partial charge in [0.25, 0.3) is 0 Å². The predicted octanol–water partition coefficient (Wildman–Crippen LogP) is 4.03. The second-order valence-corrected chi connectivity index (χ2v) is 6.68. The monoisotopic (exact) mass is 320 g/mol. The molecule has 0 aliphatic carbocycles. The molecule has 23 heavy (non-hydrogen) atoms. The zero-order valence-electron chi connectivity index (χ0n) is 13.6. The Morgan fingerprint density at radius 1 is 1.57 bits per heavy atom. The maximum Gasteiger partial charge on any atom is 0.128 e. The summed E-state index contributed by atoms with van der Waals surface area (Å²) in [6.45, 7) is 8.18. The predicted molar refractivity (Wildman–Crippen MR) is 85.9 cm³/mol. The van der Waals surface area contributed by atoms with E-state index in [2.05, 4.69) is 6.58 Å². The fourth-order valence-corrected chi connectivity index (χ4v) is 2.94. The standard InChI is InChI=1S/C18H22F2N2O/c1-12(2)14-9-15(19)13(8-16(14)23)10-22-7-5-18(3,4-6-21)17(20)11-22/h8-9,17,23H,1,4-5,7,10-11H2,2-3H3. The van der Waals surface area contributed by atoms with E-state index < -0.39 is 17.4 Å². The number of phenols is 1. The van der Waals surface area contributed by atoms with Crippen LogP contribution in [0.1, 0.15) is 37.8 Å². The molecule has 124 valence electrons. The van der Waals surface area contributed by atoms with Crippen molar-refractivity contribution >= 4 is 5.57 Å². The average molecular weight is 320 g/mol. The number of benzene rings is 1. The van der Waals surface area contributed by atoms with Crippen molar-refractivity contribution in [3.05, 3.63) is 35.7 Å². The van der Waals surface area contributed by atoms with Gasteiger partial charge < -0.3 is 5.11 Å². The lowest BCUT2D eigenvalue weighted by Crippen LogP contribution is -2.47. The number of rotatable bonds is 4. The van der Waals surface area contributed by atoms with E-state index >= 15 is 0 Å². The van der Waals surface area contributed by atoms with Crippen LogP contribution < -0.4 is 0 Å². The number of alkyl halides is 1. The molecule has 5 heteroatoms. The molecular formula is C18H22F2N2O. The van der Waals surface area contributed by atoms with Crippen molar-refractivity contribution in [2.24, 2.45) is 5.41 Å². The van der Waals surface area contributed by atoms with Gasteiger partial charge in [-0.3, -0.25) is 4.90 Å². The molecule has 0 saturated carbocycles. The van der Waals surface area contributed by atoms with Crippen LogP contribution in [0.2, 0.25) is 0 Å². The van der Waals surface area contributed by atoms with E-state index in [1.54, 1.807) is 13.8 Å². The first kappa shape index (κ1) is 17.4. The summed E-state index contributed by atoms with van der Waals surface area (Å²) in [4.78, 5) is 1.82. The summed E-state index contributed by atoms with van der Waals surface area (Å²) in [6, 6.07) is 4.70. The van der Waals surface area contributed by atoms with Crippen LogP contribution in [0.25, 0.3) is 5.57 Å². The molecule has 3 nitrogen and oxygen atoms in total. The van der Waals surface area contributed by atoms with Gasteiger partial charge in [-0.2, -0.15) is 5.26 Å². The van der Waals surface area contributed by atoms with Gasteiger partial charge in [0.2, 0.25) is 0 Å². The Kier molecular flexibility index (Phi) is 5.06. The molecule has 0 radical (unpaired) electrons. The van der Waals surface area contributed by atoms with Crippen molar-refractivity contribution in [3.8, 4) is 11.8 Å². The highest BCUT2D eigenvalue weighted by Gasteiger charge is 2.39. The molecule has 1 N–H and O–H groups in total. The Morgan fingerprint density at radius 3 is 2.83 bits per heavy atom. The summed E-state index contributed by atoms with van der Waals surface area (Å²) in [5.41, 5.74) is 0.677. The number of aromatic hydroxyl groups is 1. The Balaban J connectivity index is 2.11. The quantitative estimate of drug-likeness (QED) is 0.911. The van der Waals surface area contributed by atoms with E-state index in [0.717, 1.165) is 0 Å². The van der Waals surface area contributed by atoms with Crippen LogP contribution in [-0.2, 0) is 6.54 Å². The van der Waals surface area contributed by atoms with Crippen molar-refractivity contribution in [3.63, 3.8) is 0 Å². The first-order chi connectivity index (χ1) is 10.8. The van der Waals surface area contributed by atoms with Crippen LogP contribution in [0, 0.1) is 22.6 Å². The number of phenolic OH excluding ortho intramolecular Hbond substituents is 1. The topological polar surface area (TPSA) is 47.3 Å². The summed E-state index contributed by atoms with van der Waals surface area (Å²) in [5.74, 6) is -0.446. The summed E-state index contributed by atoms with van der Waals surface area (Å²) in [6.07, 6.45) is -0.383. The van der Waals surface area contributed by atoms with Crippen LogP contribution in [0.5, 0.6) is 5.75 Å². The molecule has 0 aromatic heterocycles. The Morgan fingerprint density at radius 2 is 2.26 bits per heavy atom. The van der Waals surface area contributed by atoms with Gasteiger partial charge in [-0.25, -0.2) is 8.78 Å². The highest BCUT2D eigenvalue weighted by Crippen LogP contribution is 2.37. The molecule has 0 bridgehead atoms. The third kappa shape index (κ3) is 3.70. The van der Waals surface area contributed by atoms with Crippen molar-refractivity contribution < 1.29 is 13.9 Å². The number of halogens is 2. The summed E-state index contributed by atoms with van der Waals surface area (Å²) >= 11 is 0. The van der Waals surface area contributed by atoms with Gasteiger partial charge >= 0.3 is 0 Å². The minimum atomic E-state index is -1.12. The molecule has 1 aliphatic heterocycles. The first-order valence-corrected chi connectivity index (χ1v) is 7.67. The molecule has 2 rings (SSSR count). The Labute approximate surface area is 135 Å². The van der Waals surface area contributed by atoms with E-state index in [1.165, 1.54) is 12.1 Å². The fourth-order valence-electron chi connectivity index (χ4n) is 2.94. The molecule has 0 spiro atoms. The number of allylic oxidation sites excluding steroid dienone is 1. The Hall–Kier alpha value is -1.93. The molecular weight excluding hydrogens is 298 g/mol. The molecule has 1 saturated heterocycles. The number of nitrogens with zero attached hydrogens (tertiary/aromatic N) is 2. The number of hydrogen-bond donors (Lipinski definition) is 1. The molecule has 2 atom stereocenters. The number of hydrogen-bond acceptors (Lipinski definition) is 3. The smallest absolute Gasteiger partial charge is 0.128 e. The molecule has 1 fully saturated rings. The number of nitriles is 1. The van der Waals surface area contributed by atoms with Gasteiger partial charge in [-0.05, 0) is 37.6 Å². The maximum atomic E-state index is 14.4. The van der Waals surface area contributed by atoms with Gasteiger partial charge in [0.1, 0.15) is 17.7 Å². The highest BCUT2D eigenvalue weighted by atomic mass is 19.1. The number of likely N-dealkylation sites (tertiary alicyclic amines) is 1. The van der Waals surface area contributed by atoms with Gasteiger partial charge in [0, 0.05) is 36.1 Å². The van der Waals surface area contributed by atoms with Gasteiger partial charge in [-0.1, -0.05) is 13.5 Å². The third-order valence-electron chi connectivity index (χ3n) is 4.68. The molecule has 1 heterocycles. The minimum Gasteiger partial charge on any atom is -0.507 e. The van der Waals surface area contributed by atoms with E-state index in [4.69, 9.17) is 5.26 Å². The summed E-state index contributed by atoms with van der Waals surface area (Å²) < 4.78 is 28.6. The molecule has 1 aliphatic rings. The van der Waals surface area contributed by atoms with Gasteiger partial charge in [0.05, 0.1) is 6.07 Å². The van der Waals surface area contributed by atoms with Crippen LogP contribution in [-0.4, -0.2) is 29.3 Å². The molecule has 1 aromatic carbocycles. The zero-order valence-corrected chi connectivity index (χ0v) is 13.6. The van der Waals surface area contributed by atoms with Crippen molar-refractivity contribution in [1.82, 2.24) is 4.90 Å². The lowest BCUT2D eigenvalue weighted by atomic mass is 9.76. The van der Waals surface area contributed by atoms with E-state index in [1.807, 2.05) is 11.0 Å².